The molecule has 0 spiro atoms. The molecule has 0 saturated heterocycles. The number of aliphatic hydroxyl groups excluding tert-OH is 2. The molecule has 0 aliphatic heterocycles. The van der Waals surface area contributed by atoms with E-state index in [2.05, 4.69) is 99.0 Å². The monoisotopic (exact) mass is 908 g/mol. The van der Waals surface area contributed by atoms with E-state index in [1.807, 2.05) is 0 Å². The molecule has 0 aliphatic carbocycles. The molecule has 3 N–H and O–H groups in total. The molecular weight excluding hydrogens is 803 g/mol. The second-order valence-corrected chi connectivity index (χ2v) is 18.6. The fourth-order valence-electron chi connectivity index (χ4n) is 8.11. The number of ether oxygens (including phenoxy) is 1. The summed E-state index contributed by atoms with van der Waals surface area (Å²) >= 11 is 0. The molecule has 376 valence electrons. The highest BCUT2D eigenvalue weighted by molar-refractivity contribution is 5.77. The average molecular weight is 908 g/mol. The molecular formula is C59H105NO5. The third-order valence-electron chi connectivity index (χ3n) is 12.3. The third kappa shape index (κ3) is 47.6. The molecule has 0 fully saturated rings. The summed E-state index contributed by atoms with van der Waals surface area (Å²) in [5.41, 5.74) is 0. The van der Waals surface area contributed by atoms with Gasteiger partial charge in [0.05, 0.1) is 25.2 Å². The summed E-state index contributed by atoms with van der Waals surface area (Å²) in [5.74, 6) is -0.554. The SMILES string of the molecule is CC/C=C/C/C=C/CCCCCCCC(CC(=O)NC(CO)C(O)CCCCCCCCCCCCCCCCCCC)OC(=O)CCC/C=C\C/C=C\C/C=C\C/C=C\CCCCC. The van der Waals surface area contributed by atoms with Gasteiger partial charge in [-0.1, -0.05) is 235 Å². The highest BCUT2D eigenvalue weighted by atomic mass is 16.5. The van der Waals surface area contributed by atoms with Crippen molar-refractivity contribution in [3.63, 3.8) is 0 Å². The van der Waals surface area contributed by atoms with Crippen molar-refractivity contribution in [1.82, 2.24) is 5.32 Å². The minimum absolute atomic E-state index is 0.0442. The smallest absolute Gasteiger partial charge is 0.306 e. The fourth-order valence-corrected chi connectivity index (χ4v) is 8.11. The standard InChI is InChI=1S/C59H105NO5/c1-4-7-10-13-16-19-22-25-27-29-31-33-36-39-42-45-48-51-57(62)56(54-61)60-58(63)53-55(50-47-44-41-38-35-24-21-18-15-12-9-6-3)65-59(64)52-49-46-43-40-37-34-32-30-28-26-23-20-17-14-11-8-5-2/h9,12,17-18,20-21,26,28,32,34,40,43,55-57,61-62H,4-8,10-11,13-16,19,22-25,27,29-31,33,35-39,41-42,44-54H2,1-3H3,(H,60,63)/b12-9+,20-17-,21-18+,28-26-,34-32-,43-40-. The molecule has 3 atom stereocenters. The molecule has 0 bridgehead atoms. The largest absolute Gasteiger partial charge is 0.462 e. The Kier molecular flexibility index (Phi) is 50.1. The zero-order valence-corrected chi connectivity index (χ0v) is 42.9. The number of unbranched alkanes of at least 4 members (excludes halogenated alkanes) is 25. The summed E-state index contributed by atoms with van der Waals surface area (Å²) in [5, 5.41) is 23.8. The first-order valence-corrected chi connectivity index (χ1v) is 27.7. The summed E-state index contributed by atoms with van der Waals surface area (Å²) in [4.78, 5) is 26.2. The summed E-state index contributed by atoms with van der Waals surface area (Å²) in [6.07, 6.45) is 66.8. The Morgan fingerprint density at radius 1 is 0.462 bits per heavy atom. The third-order valence-corrected chi connectivity index (χ3v) is 12.3. The van der Waals surface area contributed by atoms with Gasteiger partial charge in [0.2, 0.25) is 5.91 Å². The maximum atomic E-state index is 13.2. The number of allylic oxidation sites excluding steroid dienone is 12. The van der Waals surface area contributed by atoms with Crippen molar-refractivity contribution in [2.24, 2.45) is 0 Å². The first-order valence-electron chi connectivity index (χ1n) is 27.7. The van der Waals surface area contributed by atoms with Gasteiger partial charge in [0.15, 0.2) is 0 Å². The van der Waals surface area contributed by atoms with E-state index in [0.29, 0.717) is 25.7 Å². The van der Waals surface area contributed by atoms with Crippen LogP contribution in [-0.4, -0.2) is 46.9 Å². The second-order valence-electron chi connectivity index (χ2n) is 18.6. The summed E-state index contributed by atoms with van der Waals surface area (Å²) < 4.78 is 5.91. The number of carbonyl (C=O) groups excluding carboxylic acids is 2. The lowest BCUT2D eigenvalue weighted by Crippen LogP contribution is -2.46. The van der Waals surface area contributed by atoms with Crippen LogP contribution < -0.4 is 5.32 Å². The highest BCUT2D eigenvalue weighted by Crippen LogP contribution is 2.18. The molecule has 1 amide bonds. The fraction of sp³-hybridized carbons (Fsp3) is 0.763. The lowest BCUT2D eigenvalue weighted by Gasteiger charge is -2.24. The maximum Gasteiger partial charge on any atom is 0.306 e. The van der Waals surface area contributed by atoms with Gasteiger partial charge < -0.3 is 20.3 Å². The van der Waals surface area contributed by atoms with E-state index < -0.39 is 18.2 Å². The highest BCUT2D eigenvalue weighted by Gasteiger charge is 2.24. The summed E-state index contributed by atoms with van der Waals surface area (Å²) in [6.45, 7) is 6.35. The van der Waals surface area contributed by atoms with Gasteiger partial charge >= 0.3 is 5.97 Å². The van der Waals surface area contributed by atoms with Crippen molar-refractivity contribution < 1.29 is 24.5 Å². The van der Waals surface area contributed by atoms with Crippen molar-refractivity contribution in [3.05, 3.63) is 72.9 Å². The average Bonchev–Trinajstić information content (AvgIpc) is 3.30. The van der Waals surface area contributed by atoms with Crippen LogP contribution in [0.1, 0.15) is 265 Å². The van der Waals surface area contributed by atoms with Crippen LogP contribution in [0.3, 0.4) is 0 Å². The number of aliphatic hydroxyl groups is 2. The number of hydrogen-bond donors (Lipinski definition) is 3. The van der Waals surface area contributed by atoms with Gasteiger partial charge in [0.1, 0.15) is 6.10 Å². The number of nitrogens with one attached hydrogen (secondary N) is 1. The van der Waals surface area contributed by atoms with Crippen LogP contribution in [0.5, 0.6) is 0 Å². The van der Waals surface area contributed by atoms with Gasteiger partial charge in [0.25, 0.3) is 0 Å². The van der Waals surface area contributed by atoms with E-state index in [9.17, 15) is 19.8 Å². The molecule has 0 rings (SSSR count). The number of esters is 1. The van der Waals surface area contributed by atoms with Gasteiger partial charge in [-0.2, -0.15) is 0 Å². The molecule has 0 saturated carbocycles. The van der Waals surface area contributed by atoms with Gasteiger partial charge in [-0.15, -0.1) is 0 Å². The van der Waals surface area contributed by atoms with Crippen molar-refractivity contribution >= 4 is 11.9 Å². The molecule has 0 radical (unpaired) electrons. The zero-order valence-electron chi connectivity index (χ0n) is 42.9. The molecule has 6 heteroatoms. The Balaban J connectivity index is 4.59. The Labute approximate surface area is 402 Å². The maximum absolute atomic E-state index is 13.2. The molecule has 65 heavy (non-hydrogen) atoms. The van der Waals surface area contributed by atoms with Crippen LogP contribution in [0.2, 0.25) is 0 Å². The van der Waals surface area contributed by atoms with Crippen molar-refractivity contribution in [2.45, 2.75) is 283 Å². The lowest BCUT2D eigenvalue weighted by molar-refractivity contribution is -0.151. The zero-order chi connectivity index (χ0) is 47.4. The summed E-state index contributed by atoms with van der Waals surface area (Å²) in [7, 11) is 0. The first kappa shape index (κ1) is 62.3. The summed E-state index contributed by atoms with van der Waals surface area (Å²) in [6, 6.07) is -0.720. The minimum Gasteiger partial charge on any atom is -0.462 e. The van der Waals surface area contributed by atoms with Crippen LogP contribution in [0, 0.1) is 0 Å². The van der Waals surface area contributed by atoms with Crippen molar-refractivity contribution in [3.8, 4) is 0 Å². The quantitative estimate of drug-likeness (QED) is 0.0321. The predicted molar refractivity (Wildman–Crippen MR) is 282 cm³/mol. The van der Waals surface area contributed by atoms with E-state index in [-0.39, 0.29) is 24.9 Å². The molecule has 6 nitrogen and oxygen atoms in total. The van der Waals surface area contributed by atoms with Crippen molar-refractivity contribution in [1.29, 1.82) is 0 Å². The number of carbonyl (C=O) groups is 2. The van der Waals surface area contributed by atoms with Crippen LogP contribution in [0.25, 0.3) is 0 Å². The Morgan fingerprint density at radius 3 is 1.29 bits per heavy atom. The Hall–Kier alpha value is -2.70. The predicted octanol–water partition coefficient (Wildman–Crippen LogP) is 17.0. The normalized spacial score (nSPS) is 13.7. The minimum atomic E-state index is -0.804. The van der Waals surface area contributed by atoms with Gasteiger partial charge in [0, 0.05) is 6.42 Å². The van der Waals surface area contributed by atoms with Crippen molar-refractivity contribution in [2.75, 3.05) is 6.61 Å². The van der Waals surface area contributed by atoms with E-state index in [4.69, 9.17) is 4.74 Å². The number of rotatable bonds is 49. The van der Waals surface area contributed by atoms with E-state index in [1.54, 1.807) is 0 Å². The molecule has 0 heterocycles. The first-order chi connectivity index (χ1) is 32.0. The van der Waals surface area contributed by atoms with Gasteiger partial charge in [-0.25, -0.2) is 0 Å². The van der Waals surface area contributed by atoms with Gasteiger partial charge in [-0.05, 0) is 89.9 Å². The second kappa shape index (κ2) is 52.3. The van der Waals surface area contributed by atoms with Crippen LogP contribution in [0.15, 0.2) is 72.9 Å². The Morgan fingerprint density at radius 2 is 0.831 bits per heavy atom. The topological polar surface area (TPSA) is 95.9 Å². The van der Waals surface area contributed by atoms with Crippen LogP contribution in [-0.2, 0) is 14.3 Å². The molecule has 0 aromatic rings. The lowest BCUT2D eigenvalue weighted by atomic mass is 10.0. The molecule has 0 aromatic carbocycles. The van der Waals surface area contributed by atoms with E-state index in [0.717, 1.165) is 89.9 Å². The number of amides is 1. The van der Waals surface area contributed by atoms with E-state index in [1.165, 1.54) is 122 Å². The molecule has 3 unspecified atom stereocenters. The molecule has 0 aliphatic rings. The Bertz CT molecular complexity index is 1200. The van der Waals surface area contributed by atoms with E-state index >= 15 is 0 Å². The van der Waals surface area contributed by atoms with Crippen LogP contribution in [0.4, 0.5) is 0 Å². The van der Waals surface area contributed by atoms with Gasteiger partial charge in [-0.3, -0.25) is 9.59 Å². The molecule has 0 aromatic heterocycles. The van der Waals surface area contributed by atoms with Crippen LogP contribution >= 0.6 is 0 Å². The number of hydrogen-bond acceptors (Lipinski definition) is 5.